The molecular formula is C16H13BrClN3. The van der Waals surface area contributed by atoms with E-state index in [4.69, 9.17) is 11.6 Å². The van der Waals surface area contributed by atoms with Gasteiger partial charge in [0.25, 0.3) is 0 Å². The van der Waals surface area contributed by atoms with Crippen LogP contribution in [0.5, 0.6) is 0 Å². The third-order valence-corrected chi connectivity index (χ3v) is 3.91. The SMILES string of the molecule is CNc1nc(-c2cc(C)cc(Cl)c2)nc2ccc(Br)cc12. The Kier molecular flexibility index (Phi) is 3.83. The Hall–Kier alpha value is -1.65. The van der Waals surface area contributed by atoms with Gasteiger partial charge in [0.05, 0.1) is 5.52 Å². The molecule has 0 radical (unpaired) electrons. The summed E-state index contributed by atoms with van der Waals surface area (Å²) in [6.45, 7) is 2.01. The third-order valence-electron chi connectivity index (χ3n) is 3.19. The minimum absolute atomic E-state index is 0.666. The molecule has 0 aliphatic heterocycles. The quantitative estimate of drug-likeness (QED) is 0.692. The monoisotopic (exact) mass is 361 g/mol. The zero-order valence-corrected chi connectivity index (χ0v) is 14.0. The lowest BCUT2D eigenvalue weighted by Crippen LogP contribution is -1.99. The average Bonchev–Trinajstić information content (AvgIpc) is 2.45. The largest absolute Gasteiger partial charge is 0.373 e. The third kappa shape index (κ3) is 2.87. The first-order valence-electron chi connectivity index (χ1n) is 6.49. The van der Waals surface area contributed by atoms with Gasteiger partial charge in [-0.2, -0.15) is 0 Å². The lowest BCUT2D eigenvalue weighted by Gasteiger charge is -2.09. The summed E-state index contributed by atoms with van der Waals surface area (Å²) >= 11 is 9.61. The standard InChI is InChI=1S/C16H13BrClN3/c1-9-5-10(7-12(18)6-9)15-20-14-4-3-11(17)8-13(14)16(19-2)21-15/h3-8H,1-2H3,(H,19,20,21). The first kappa shape index (κ1) is 14.3. The number of hydrogen-bond donors (Lipinski definition) is 1. The number of nitrogens with one attached hydrogen (secondary N) is 1. The van der Waals surface area contributed by atoms with Crippen LogP contribution in [0.25, 0.3) is 22.3 Å². The number of halogens is 2. The molecule has 3 rings (SSSR count). The van der Waals surface area contributed by atoms with Crippen LogP contribution in [0, 0.1) is 6.92 Å². The fourth-order valence-corrected chi connectivity index (χ4v) is 2.94. The van der Waals surface area contributed by atoms with Crippen molar-refractivity contribution in [3.05, 3.63) is 51.5 Å². The maximum Gasteiger partial charge on any atom is 0.162 e. The summed E-state index contributed by atoms with van der Waals surface area (Å²) in [5.74, 6) is 1.47. The zero-order valence-electron chi connectivity index (χ0n) is 11.6. The van der Waals surface area contributed by atoms with Crippen LogP contribution in [0.4, 0.5) is 5.82 Å². The predicted octanol–water partition coefficient (Wildman–Crippen LogP) is 5.06. The Morgan fingerprint density at radius 2 is 1.90 bits per heavy atom. The predicted molar refractivity (Wildman–Crippen MR) is 92.0 cm³/mol. The van der Waals surface area contributed by atoms with E-state index in [0.717, 1.165) is 32.3 Å². The van der Waals surface area contributed by atoms with Gasteiger partial charge < -0.3 is 5.32 Å². The lowest BCUT2D eigenvalue weighted by molar-refractivity contribution is 1.21. The summed E-state index contributed by atoms with van der Waals surface area (Å²) in [6.07, 6.45) is 0. The topological polar surface area (TPSA) is 37.8 Å². The van der Waals surface area contributed by atoms with Gasteiger partial charge in [-0.05, 0) is 48.9 Å². The van der Waals surface area contributed by atoms with Crippen LogP contribution in [0.3, 0.4) is 0 Å². The van der Waals surface area contributed by atoms with E-state index < -0.39 is 0 Å². The Bertz CT molecular complexity index is 813. The van der Waals surface area contributed by atoms with Crippen LogP contribution in [0.2, 0.25) is 5.02 Å². The van der Waals surface area contributed by atoms with Crippen LogP contribution in [0.15, 0.2) is 40.9 Å². The second-order valence-corrected chi connectivity index (χ2v) is 6.18. The van der Waals surface area contributed by atoms with Crippen molar-refractivity contribution in [2.45, 2.75) is 6.92 Å². The van der Waals surface area contributed by atoms with Gasteiger partial charge in [0.1, 0.15) is 5.82 Å². The van der Waals surface area contributed by atoms with Crippen molar-refractivity contribution in [2.24, 2.45) is 0 Å². The van der Waals surface area contributed by atoms with Crippen molar-refractivity contribution < 1.29 is 0 Å². The molecule has 1 heterocycles. The summed E-state index contributed by atoms with van der Waals surface area (Å²) in [7, 11) is 1.86. The van der Waals surface area contributed by atoms with Gasteiger partial charge in [-0.3, -0.25) is 0 Å². The van der Waals surface area contributed by atoms with Gasteiger partial charge in [0.15, 0.2) is 5.82 Å². The number of fused-ring (bicyclic) bond motifs is 1. The number of anilines is 1. The van der Waals surface area contributed by atoms with Gasteiger partial charge in [0, 0.05) is 27.5 Å². The highest BCUT2D eigenvalue weighted by Gasteiger charge is 2.10. The molecule has 2 aromatic carbocycles. The van der Waals surface area contributed by atoms with Gasteiger partial charge in [0.2, 0.25) is 0 Å². The normalized spacial score (nSPS) is 10.9. The Morgan fingerprint density at radius 3 is 2.62 bits per heavy atom. The van der Waals surface area contributed by atoms with Crippen LogP contribution >= 0.6 is 27.5 Å². The fraction of sp³-hybridized carbons (Fsp3) is 0.125. The molecule has 0 atom stereocenters. The number of benzene rings is 2. The van der Waals surface area contributed by atoms with E-state index in [2.05, 4.69) is 31.2 Å². The molecule has 3 nitrogen and oxygen atoms in total. The summed E-state index contributed by atoms with van der Waals surface area (Å²) in [4.78, 5) is 9.26. The second kappa shape index (κ2) is 5.62. The van der Waals surface area contributed by atoms with Crippen LogP contribution < -0.4 is 5.32 Å². The van der Waals surface area contributed by atoms with Crippen molar-refractivity contribution >= 4 is 44.3 Å². The van der Waals surface area contributed by atoms with E-state index in [1.807, 2.05) is 50.4 Å². The first-order chi connectivity index (χ1) is 10.1. The van der Waals surface area contributed by atoms with Gasteiger partial charge in [-0.25, -0.2) is 9.97 Å². The Balaban J connectivity index is 2.26. The van der Waals surface area contributed by atoms with E-state index in [1.165, 1.54) is 0 Å². The summed E-state index contributed by atoms with van der Waals surface area (Å²) in [6, 6.07) is 11.8. The van der Waals surface area contributed by atoms with Gasteiger partial charge in [-0.15, -0.1) is 0 Å². The molecule has 0 amide bonds. The molecule has 3 aromatic rings. The molecule has 21 heavy (non-hydrogen) atoms. The molecule has 106 valence electrons. The van der Waals surface area contributed by atoms with Crippen LogP contribution in [0.1, 0.15) is 5.56 Å². The van der Waals surface area contributed by atoms with E-state index in [-0.39, 0.29) is 0 Å². The molecule has 0 aliphatic carbocycles. The highest BCUT2D eigenvalue weighted by molar-refractivity contribution is 9.10. The number of rotatable bonds is 2. The molecule has 5 heteroatoms. The summed E-state index contributed by atoms with van der Waals surface area (Å²) in [5, 5.41) is 4.80. The van der Waals surface area contributed by atoms with Gasteiger partial charge in [-0.1, -0.05) is 27.5 Å². The van der Waals surface area contributed by atoms with E-state index >= 15 is 0 Å². The summed E-state index contributed by atoms with van der Waals surface area (Å²) < 4.78 is 1.00. The lowest BCUT2D eigenvalue weighted by atomic mass is 10.1. The zero-order chi connectivity index (χ0) is 15.0. The Morgan fingerprint density at radius 1 is 1.10 bits per heavy atom. The minimum atomic E-state index is 0.666. The average molecular weight is 363 g/mol. The minimum Gasteiger partial charge on any atom is -0.373 e. The summed E-state index contributed by atoms with van der Waals surface area (Å²) in [5.41, 5.74) is 2.90. The number of aromatic nitrogens is 2. The molecule has 1 N–H and O–H groups in total. The van der Waals surface area contributed by atoms with E-state index in [9.17, 15) is 0 Å². The van der Waals surface area contributed by atoms with Crippen molar-refractivity contribution in [1.29, 1.82) is 0 Å². The second-order valence-electron chi connectivity index (χ2n) is 4.82. The molecule has 1 aromatic heterocycles. The maximum atomic E-state index is 6.14. The van der Waals surface area contributed by atoms with Gasteiger partial charge >= 0.3 is 0 Å². The van der Waals surface area contributed by atoms with Crippen LogP contribution in [-0.4, -0.2) is 17.0 Å². The molecule has 0 bridgehead atoms. The number of hydrogen-bond acceptors (Lipinski definition) is 3. The Labute approximate surface area is 136 Å². The molecule has 0 aliphatic rings. The van der Waals surface area contributed by atoms with Crippen LogP contribution in [-0.2, 0) is 0 Å². The first-order valence-corrected chi connectivity index (χ1v) is 7.66. The number of nitrogens with zero attached hydrogens (tertiary/aromatic N) is 2. The molecule has 0 fully saturated rings. The smallest absolute Gasteiger partial charge is 0.162 e. The van der Waals surface area contributed by atoms with Crippen molar-refractivity contribution in [1.82, 2.24) is 9.97 Å². The van der Waals surface area contributed by atoms with Crippen molar-refractivity contribution in [2.75, 3.05) is 12.4 Å². The fourth-order valence-electron chi connectivity index (χ4n) is 2.29. The van der Waals surface area contributed by atoms with Crippen molar-refractivity contribution in [3.63, 3.8) is 0 Å². The molecule has 0 saturated carbocycles. The highest BCUT2D eigenvalue weighted by Crippen LogP contribution is 2.28. The van der Waals surface area contributed by atoms with E-state index in [0.29, 0.717) is 10.8 Å². The molecule has 0 unspecified atom stereocenters. The molecular weight excluding hydrogens is 350 g/mol. The van der Waals surface area contributed by atoms with Crippen molar-refractivity contribution in [3.8, 4) is 11.4 Å². The van der Waals surface area contributed by atoms with E-state index in [1.54, 1.807) is 0 Å². The molecule has 0 spiro atoms. The number of aryl methyl sites for hydroxylation is 1. The molecule has 0 saturated heterocycles. The highest BCUT2D eigenvalue weighted by atomic mass is 79.9. The maximum absolute atomic E-state index is 6.14.